The number of aryl methyl sites for hydroxylation is 2. The summed E-state index contributed by atoms with van der Waals surface area (Å²) in [5, 5.41) is 6.50. The maximum atomic E-state index is 6.50. The number of rotatable bonds is 4. The molecule has 1 rings (SSSR count). The van der Waals surface area contributed by atoms with Crippen LogP contribution in [0.4, 0.5) is 0 Å². The number of hydrogen-bond donors (Lipinski definition) is 0. The predicted octanol–water partition coefficient (Wildman–Crippen LogP) is 2.99. The van der Waals surface area contributed by atoms with Gasteiger partial charge in [-0.25, -0.2) is 5.26 Å². The monoisotopic (exact) mass is 178 g/mol. The summed E-state index contributed by atoms with van der Waals surface area (Å²) >= 11 is 0. The lowest BCUT2D eigenvalue weighted by atomic mass is 10.2. The van der Waals surface area contributed by atoms with Gasteiger partial charge in [-0.05, 0) is 31.4 Å². The lowest BCUT2D eigenvalue weighted by molar-refractivity contribution is 0.755. The van der Waals surface area contributed by atoms with E-state index in [4.69, 9.17) is 5.26 Å². The molecule has 0 atom stereocenters. The first kappa shape index (κ1) is 11.8. The molecule has 0 amide bonds. The molecular formula is C11H18N2. The molecule has 1 aromatic rings. The standard InChI is InChI=1S/C10H17N.CHN/c1-3-5-6-10-7-8-11(4-2)9-10;1-2/h7-9H,3-6H2,1-2H3;1H. The van der Waals surface area contributed by atoms with Crippen LogP contribution >= 0.6 is 0 Å². The summed E-state index contributed by atoms with van der Waals surface area (Å²) in [5.41, 5.74) is 1.48. The second-order valence-electron chi connectivity index (χ2n) is 2.95. The van der Waals surface area contributed by atoms with Crippen LogP contribution in [0.25, 0.3) is 0 Å². The van der Waals surface area contributed by atoms with Gasteiger partial charge >= 0.3 is 0 Å². The molecule has 0 aliphatic rings. The van der Waals surface area contributed by atoms with Crippen LogP contribution in [0.15, 0.2) is 18.5 Å². The Morgan fingerprint density at radius 1 is 1.38 bits per heavy atom. The summed E-state index contributed by atoms with van der Waals surface area (Å²) in [7, 11) is 0. The molecule has 0 unspecified atom stereocenters. The fourth-order valence-electron chi connectivity index (χ4n) is 1.22. The summed E-state index contributed by atoms with van der Waals surface area (Å²) in [5.74, 6) is 0. The molecule has 2 heteroatoms. The Bertz CT molecular complexity index is 235. The van der Waals surface area contributed by atoms with Crippen molar-refractivity contribution in [3.63, 3.8) is 0 Å². The SMILES string of the molecule is C#N.CCCCc1ccn(CC)c1. The number of aromatic nitrogens is 1. The highest BCUT2D eigenvalue weighted by Crippen LogP contribution is 2.05. The average molecular weight is 178 g/mol. The zero-order valence-corrected chi connectivity index (χ0v) is 8.53. The maximum Gasteiger partial charge on any atom is 0.0462 e. The van der Waals surface area contributed by atoms with E-state index >= 15 is 0 Å². The van der Waals surface area contributed by atoms with Crippen molar-refractivity contribution < 1.29 is 0 Å². The predicted molar refractivity (Wildman–Crippen MR) is 55.4 cm³/mol. The van der Waals surface area contributed by atoms with E-state index in [-0.39, 0.29) is 0 Å². The van der Waals surface area contributed by atoms with Crippen LogP contribution in [0, 0.1) is 11.8 Å². The molecule has 2 nitrogen and oxygen atoms in total. The minimum Gasteiger partial charge on any atom is -0.354 e. The normalized spacial score (nSPS) is 8.92. The number of hydrogen-bond acceptors (Lipinski definition) is 1. The Balaban J connectivity index is 0.000000671. The van der Waals surface area contributed by atoms with Crippen LogP contribution in [-0.4, -0.2) is 4.57 Å². The first-order valence-electron chi connectivity index (χ1n) is 4.77. The van der Waals surface area contributed by atoms with Crippen LogP contribution < -0.4 is 0 Å². The number of nitriles is 1. The Morgan fingerprint density at radius 3 is 2.54 bits per heavy atom. The fourth-order valence-corrected chi connectivity index (χ4v) is 1.22. The van der Waals surface area contributed by atoms with Crippen LogP contribution in [-0.2, 0) is 13.0 Å². The largest absolute Gasteiger partial charge is 0.354 e. The molecule has 0 bridgehead atoms. The third kappa shape index (κ3) is 4.37. The fraction of sp³-hybridized carbons (Fsp3) is 0.545. The molecule has 0 aliphatic carbocycles. The molecule has 0 saturated heterocycles. The smallest absolute Gasteiger partial charge is 0.0462 e. The first-order valence-corrected chi connectivity index (χ1v) is 4.77. The van der Waals surface area contributed by atoms with E-state index in [1.807, 2.05) is 0 Å². The molecule has 0 fully saturated rings. The average Bonchev–Trinajstić information content (AvgIpc) is 2.65. The van der Waals surface area contributed by atoms with Gasteiger partial charge in [-0.15, -0.1) is 0 Å². The van der Waals surface area contributed by atoms with Gasteiger partial charge in [-0.1, -0.05) is 13.3 Å². The van der Waals surface area contributed by atoms with Gasteiger partial charge in [0.1, 0.15) is 0 Å². The Labute approximate surface area is 80.8 Å². The summed E-state index contributed by atoms with van der Waals surface area (Å²) in [6.45, 7) is 8.99. The van der Waals surface area contributed by atoms with E-state index in [0.29, 0.717) is 0 Å². The highest BCUT2D eigenvalue weighted by atomic mass is 14.9. The third-order valence-electron chi connectivity index (χ3n) is 2.00. The van der Waals surface area contributed by atoms with Gasteiger partial charge in [0.25, 0.3) is 0 Å². The van der Waals surface area contributed by atoms with Crippen molar-refractivity contribution in [1.82, 2.24) is 4.57 Å². The maximum absolute atomic E-state index is 6.50. The van der Waals surface area contributed by atoms with E-state index in [9.17, 15) is 0 Å². The van der Waals surface area contributed by atoms with Crippen molar-refractivity contribution in [3.05, 3.63) is 24.0 Å². The minimum absolute atomic E-state index is 1.09. The van der Waals surface area contributed by atoms with E-state index in [0.717, 1.165) is 6.54 Å². The zero-order valence-electron chi connectivity index (χ0n) is 8.53. The van der Waals surface area contributed by atoms with Crippen molar-refractivity contribution in [2.24, 2.45) is 0 Å². The molecule has 1 heterocycles. The van der Waals surface area contributed by atoms with Crippen molar-refractivity contribution in [3.8, 4) is 6.57 Å². The van der Waals surface area contributed by atoms with Crippen molar-refractivity contribution in [2.75, 3.05) is 0 Å². The van der Waals surface area contributed by atoms with Crippen molar-refractivity contribution >= 4 is 0 Å². The van der Waals surface area contributed by atoms with Gasteiger partial charge in [0.15, 0.2) is 0 Å². The molecule has 0 aromatic carbocycles. The lowest BCUT2D eigenvalue weighted by Crippen LogP contribution is -1.87. The lowest BCUT2D eigenvalue weighted by Gasteiger charge is -1.94. The molecule has 0 N–H and O–H groups in total. The zero-order chi connectivity index (χ0) is 10.1. The molecule has 0 aliphatic heterocycles. The van der Waals surface area contributed by atoms with E-state index in [1.165, 1.54) is 24.8 Å². The molecule has 0 saturated carbocycles. The summed E-state index contributed by atoms with van der Waals surface area (Å²) in [4.78, 5) is 0. The van der Waals surface area contributed by atoms with Gasteiger partial charge in [0, 0.05) is 25.5 Å². The third-order valence-corrected chi connectivity index (χ3v) is 2.00. The van der Waals surface area contributed by atoms with Gasteiger partial charge in [-0.2, -0.15) is 0 Å². The van der Waals surface area contributed by atoms with Crippen LogP contribution in [0.2, 0.25) is 0 Å². The van der Waals surface area contributed by atoms with Crippen LogP contribution in [0.1, 0.15) is 32.3 Å². The van der Waals surface area contributed by atoms with Gasteiger partial charge in [0.05, 0.1) is 0 Å². The molecule has 0 radical (unpaired) electrons. The first-order chi connectivity index (χ1) is 6.36. The second kappa shape index (κ2) is 7.42. The summed E-state index contributed by atoms with van der Waals surface area (Å²) in [6, 6.07) is 2.22. The van der Waals surface area contributed by atoms with E-state index < -0.39 is 0 Å². The summed E-state index contributed by atoms with van der Waals surface area (Å²) < 4.78 is 2.23. The van der Waals surface area contributed by atoms with Crippen LogP contribution in [0.3, 0.4) is 0 Å². The van der Waals surface area contributed by atoms with Gasteiger partial charge < -0.3 is 4.57 Å². The topological polar surface area (TPSA) is 28.7 Å². The molecule has 0 spiro atoms. The molecule has 1 aromatic heterocycles. The van der Waals surface area contributed by atoms with E-state index in [2.05, 4.69) is 43.4 Å². The highest BCUT2D eigenvalue weighted by Gasteiger charge is 1.93. The second-order valence-corrected chi connectivity index (χ2v) is 2.95. The quantitative estimate of drug-likeness (QED) is 0.696. The molecular weight excluding hydrogens is 160 g/mol. The van der Waals surface area contributed by atoms with Crippen LogP contribution in [0.5, 0.6) is 0 Å². The van der Waals surface area contributed by atoms with Gasteiger partial charge in [-0.3, -0.25) is 0 Å². The van der Waals surface area contributed by atoms with Gasteiger partial charge in [0.2, 0.25) is 0 Å². The Morgan fingerprint density at radius 2 is 2.08 bits per heavy atom. The molecule has 13 heavy (non-hydrogen) atoms. The Hall–Kier alpha value is -1.23. The number of nitrogens with zero attached hydrogens (tertiary/aromatic N) is 2. The van der Waals surface area contributed by atoms with Crippen molar-refractivity contribution in [1.29, 1.82) is 5.26 Å². The summed E-state index contributed by atoms with van der Waals surface area (Å²) in [6.07, 6.45) is 8.25. The molecule has 72 valence electrons. The highest BCUT2D eigenvalue weighted by molar-refractivity contribution is 5.10. The van der Waals surface area contributed by atoms with Crippen molar-refractivity contribution in [2.45, 2.75) is 39.7 Å². The van der Waals surface area contributed by atoms with E-state index in [1.54, 1.807) is 0 Å². The minimum atomic E-state index is 1.09. The number of unbranched alkanes of at least 4 members (excludes halogenated alkanes) is 1. The Kier molecular flexibility index (Phi) is 6.72.